The molecule has 0 radical (unpaired) electrons. The van der Waals surface area contributed by atoms with Crippen LogP contribution in [-0.2, 0) is 11.3 Å². The lowest BCUT2D eigenvalue weighted by Gasteiger charge is -2.14. The molecule has 0 saturated heterocycles. The zero-order valence-corrected chi connectivity index (χ0v) is 19.7. The monoisotopic (exact) mass is 482 g/mol. The Kier molecular flexibility index (Phi) is 10.8. The molecule has 2 rings (SSSR count). The van der Waals surface area contributed by atoms with E-state index in [4.69, 9.17) is 32.2 Å². The highest BCUT2D eigenvalue weighted by Gasteiger charge is 2.13. The summed E-state index contributed by atoms with van der Waals surface area (Å²) < 4.78 is 10.8. The fourth-order valence-corrected chi connectivity index (χ4v) is 2.83. The number of ether oxygens (including phenoxy) is 2. The second-order valence-electron chi connectivity index (χ2n) is 7.29. The fraction of sp³-hybridized carbons (Fsp3) is 0.318. The maximum atomic E-state index is 12.6. The second-order valence-corrected chi connectivity index (χ2v) is 7.72. The molecule has 0 unspecified atom stereocenters. The van der Waals surface area contributed by atoms with Gasteiger partial charge in [0, 0.05) is 34.8 Å². The van der Waals surface area contributed by atoms with E-state index in [1.807, 2.05) is 13.8 Å². The fourth-order valence-electron chi connectivity index (χ4n) is 2.60. The van der Waals surface area contributed by atoms with E-state index in [2.05, 4.69) is 10.6 Å². The van der Waals surface area contributed by atoms with Crippen molar-refractivity contribution in [2.45, 2.75) is 20.4 Å². The molecule has 0 bridgehead atoms. The van der Waals surface area contributed by atoms with Crippen LogP contribution in [-0.4, -0.2) is 37.9 Å². The smallest absolute Gasteiger partial charge is 0.257 e. The minimum Gasteiger partial charge on any atom is -0.497 e. The summed E-state index contributed by atoms with van der Waals surface area (Å²) in [6.45, 7) is 4.47. The number of carbonyl (C=O) groups excluding carboxylic acids is 2. The van der Waals surface area contributed by atoms with Crippen molar-refractivity contribution >= 4 is 41.7 Å². The minimum atomic E-state index is -0.350. The SMILES string of the molecule is COc1cc(Cl)cc(C(=O)NCc2ccc(C(=N)N)cc2OCC(=O)NCC(C)C)c1.Cl. The summed E-state index contributed by atoms with van der Waals surface area (Å²) in [5.41, 5.74) is 6.99. The Morgan fingerprint density at radius 3 is 2.47 bits per heavy atom. The molecule has 32 heavy (non-hydrogen) atoms. The summed E-state index contributed by atoms with van der Waals surface area (Å²) in [5, 5.41) is 13.6. The summed E-state index contributed by atoms with van der Waals surface area (Å²) in [7, 11) is 1.49. The summed E-state index contributed by atoms with van der Waals surface area (Å²) in [4.78, 5) is 24.6. The van der Waals surface area contributed by atoms with Crippen LogP contribution in [0, 0.1) is 11.3 Å². The molecule has 0 aliphatic rings. The van der Waals surface area contributed by atoms with E-state index in [-0.39, 0.29) is 43.2 Å². The third-order valence-corrected chi connectivity index (χ3v) is 4.47. The molecular formula is C22H28Cl2N4O4. The first-order chi connectivity index (χ1) is 14.7. The van der Waals surface area contributed by atoms with E-state index in [0.717, 1.165) is 0 Å². The molecule has 2 amide bonds. The maximum Gasteiger partial charge on any atom is 0.257 e. The van der Waals surface area contributed by atoms with Gasteiger partial charge in [0.05, 0.1) is 7.11 Å². The molecule has 0 spiro atoms. The first-order valence-electron chi connectivity index (χ1n) is 9.69. The molecule has 8 nitrogen and oxygen atoms in total. The number of nitrogen functional groups attached to an aromatic ring is 1. The predicted molar refractivity (Wildman–Crippen MR) is 127 cm³/mol. The van der Waals surface area contributed by atoms with Crippen LogP contribution in [0.5, 0.6) is 11.5 Å². The van der Waals surface area contributed by atoms with Crippen molar-refractivity contribution in [3.8, 4) is 11.5 Å². The number of hydrogen-bond donors (Lipinski definition) is 4. The average molecular weight is 483 g/mol. The molecule has 0 fully saturated rings. The number of rotatable bonds is 10. The van der Waals surface area contributed by atoms with Crippen LogP contribution in [0.4, 0.5) is 0 Å². The van der Waals surface area contributed by atoms with Gasteiger partial charge in [0.1, 0.15) is 17.3 Å². The highest BCUT2D eigenvalue weighted by molar-refractivity contribution is 6.31. The molecule has 0 atom stereocenters. The quantitative estimate of drug-likeness (QED) is 0.305. The third kappa shape index (κ3) is 8.28. The molecule has 2 aromatic rings. The van der Waals surface area contributed by atoms with Crippen LogP contribution >= 0.6 is 24.0 Å². The molecule has 174 valence electrons. The van der Waals surface area contributed by atoms with Gasteiger partial charge < -0.3 is 25.8 Å². The lowest BCUT2D eigenvalue weighted by Crippen LogP contribution is -2.32. The molecule has 5 N–H and O–H groups in total. The van der Waals surface area contributed by atoms with E-state index in [1.54, 1.807) is 30.3 Å². The molecule has 0 aliphatic heterocycles. The summed E-state index contributed by atoms with van der Waals surface area (Å²) >= 11 is 6.03. The predicted octanol–water partition coefficient (Wildman–Crippen LogP) is 3.14. The normalized spacial score (nSPS) is 10.2. The molecule has 0 aliphatic carbocycles. The average Bonchev–Trinajstić information content (AvgIpc) is 2.74. The van der Waals surface area contributed by atoms with Gasteiger partial charge in [-0.15, -0.1) is 12.4 Å². The van der Waals surface area contributed by atoms with Crippen molar-refractivity contribution in [3.63, 3.8) is 0 Å². The Morgan fingerprint density at radius 2 is 1.84 bits per heavy atom. The van der Waals surface area contributed by atoms with Gasteiger partial charge in [-0.1, -0.05) is 37.6 Å². The van der Waals surface area contributed by atoms with E-state index in [0.29, 0.717) is 45.7 Å². The van der Waals surface area contributed by atoms with Gasteiger partial charge >= 0.3 is 0 Å². The van der Waals surface area contributed by atoms with Gasteiger partial charge in [-0.25, -0.2) is 0 Å². The van der Waals surface area contributed by atoms with E-state index < -0.39 is 0 Å². The number of carbonyl (C=O) groups is 2. The van der Waals surface area contributed by atoms with Gasteiger partial charge in [0.15, 0.2) is 6.61 Å². The molecule has 10 heteroatoms. The van der Waals surface area contributed by atoms with Crippen molar-refractivity contribution in [1.29, 1.82) is 5.41 Å². The Balaban J connectivity index is 0.00000512. The van der Waals surface area contributed by atoms with Crippen molar-refractivity contribution in [2.75, 3.05) is 20.3 Å². The number of halogens is 2. The number of methoxy groups -OCH3 is 1. The molecule has 0 saturated carbocycles. The topological polar surface area (TPSA) is 127 Å². The van der Waals surface area contributed by atoms with Crippen molar-refractivity contribution in [2.24, 2.45) is 11.7 Å². The van der Waals surface area contributed by atoms with Crippen LogP contribution in [0.15, 0.2) is 36.4 Å². The number of hydrogen-bond acceptors (Lipinski definition) is 5. The molecule has 0 aromatic heterocycles. The highest BCUT2D eigenvalue weighted by Crippen LogP contribution is 2.23. The number of benzene rings is 2. The van der Waals surface area contributed by atoms with Crippen molar-refractivity contribution in [3.05, 3.63) is 58.1 Å². The molecular weight excluding hydrogens is 455 g/mol. The second kappa shape index (κ2) is 12.8. The minimum absolute atomic E-state index is 0. The van der Waals surface area contributed by atoms with Gasteiger partial charge in [-0.2, -0.15) is 0 Å². The van der Waals surface area contributed by atoms with Crippen molar-refractivity contribution in [1.82, 2.24) is 10.6 Å². The largest absolute Gasteiger partial charge is 0.497 e. The number of nitrogens with one attached hydrogen (secondary N) is 3. The van der Waals surface area contributed by atoms with Crippen LogP contribution in [0.1, 0.15) is 35.3 Å². The van der Waals surface area contributed by atoms with E-state index >= 15 is 0 Å². The Labute approximate surface area is 198 Å². The Bertz CT molecular complexity index is 967. The first-order valence-corrected chi connectivity index (χ1v) is 10.1. The summed E-state index contributed by atoms with van der Waals surface area (Å²) in [5.74, 6) is 0.410. The zero-order chi connectivity index (χ0) is 23.0. The third-order valence-electron chi connectivity index (χ3n) is 4.25. The van der Waals surface area contributed by atoms with Crippen LogP contribution < -0.4 is 25.8 Å². The number of nitrogens with two attached hydrogens (primary N) is 1. The molecule has 0 heterocycles. The van der Waals surface area contributed by atoms with Crippen molar-refractivity contribution < 1.29 is 19.1 Å². The number of amides is 2. The van der Waals surface area contributed by atoms with Crippen LogP contribution in [0.3, 0.4) is 0 Å². The van der Waals surface area contributed by atoms with Gasteiger partial charge in [-0.3, -0.25) is 15.0 Å². The van der Waals surface area contributed by atoms with Gasteiger partial charge in [0.2, 0.25) is 0 Å². The van der Waals surface area contributed by atoms with Crippen LogP contribution in [0.2, 0.25) is 5.02 Å². The standard InChI is InChI=1S/C22H27ClN4O4.ClH/c1-13(2)10-26-20(28)12-31-19-8-14(21(24)25)4-5-15(19)11-27-22(29)16-6-17(23)9-18(7-16)30-3;/h4-9,13H,10-12H2,1-3H3,(H3,24,25)(H,26,28)(H,27,29);1H. The van der Waals surface area contributed by atoms with Crippen LogP contribution in [0.25, 0.3) is 0 Å². The van der Waals surface area contributed by atoms with Gasteiger partial charge in [0.25, 0.3) is 11.8 Å². The highest BCUT2D eigenvalue weighted by atomic mass is 35.5. The summed E-state index contributed by atoms with van der Waals surface area (Å²) in [6.07, 6.45) is 0. The van der Waals surface area contributed by atoms with E-state index in [9.17, 15) is 9.59 Å². The zero-order valence-electron chi connectivity index (χ0n) is 18.2. The first kappa shape index (κ1) is 27.1. The maximum absolute atomic E-state index is 12.6. The lowest BCUT2D eigenvalue weighted by atomic mass is 10.1. The molecule has 2 aromatic carbocycles. The van der Waals surface area contributed by atoms with E-state index in [1.165, 1.54) is 13.2 Å². The Hall–Kier alpha value is -2.97. The lowest BCUT2D eigenvalue weighted by molar-refractivity contribution is -0.123. The summed E-state index contributed by atoms with van der Waals surface area (Å²) in [6, 6.07) is 9.64. The number of amidine groups is 1. The van der Waals surface area contributed by atoms with Gasteiger partial charge in [-0.05, 0) is 30.2 Å². The Morgan fingerprint density at radius 1 is 1.12 bits per heavy atom.